The van der Waals surface area contributed by atoms with Gasteiger partial charge in [-0.05, 0) is 58.3 Å². The topological polar surface area (TPSA) is 15.3 Å². The van der Waals surface area contributed by atoms with E-state index < -0.39 is 0 Å². The fraction of sp³-hybridized carbons (Fsp3) is 1.00. The van der Waals surface area contributed by atoms with Crippen molar-refractivity contribution in [1.29, 1.82) is 0 Å². The Bertz CT molecular complexity index is 159. The molecule has 16 heavy (non-hydrogen) atoms. The molecule has 1 atom stereocenters. The van der Waals surface area contributed by atoms with Gasteiger partial charge in [0.25, 0.3) is 0 Å². The number of rotatable bonds is 8. The molecule has 0 fully saturated rings. The molecule has 0 saturated heterocycles. The monoisotopic (exact) mass is 228 g/mol. The van der Waals surface area contributed by atoms with Gasteiger partial charge in [-0.2, -0.15) is 0 Å². The molecule has 0 heterocycles. The van der Waals surface area contributed by atoms with E-state index in [1.807, 2.05) is 0 Å². The van der Waals surface area contributed by atoms with Gasteiger partial charge in [-0.25, -0.2) is 0 Å². The molecule has 2 nitrogen and oxygen atoms in total. The molecule has 0 aromatic carbocycles. The Morgan fingerprint density at radius 3 is 2.19 bits per heavy atom. The van der Waals surface area contributed by atoms with E-state index >= 15 is 0 Å². The number of nitrogens with zero attached hydrogens (tertiary/aromatic N) is 1. The molecule has 0 aliphatic rings. The highest BCUT2D eigenvalue weighted by Crippen LogP contribution is 2.22. The molecule has 0 aromatic heterocycles. The van der Waals surface area contributed by atoms with Gasteiger partial charge in [-0.15, -0.1) is 0 Å². The van der Waals surface area contributed by atoms with Gasteiger partial charge in [0.05, 0.1) is 0 Å². The Kier molecular flexibility index (Phi) is 8.04. The summed E-state index contributed by atoms with van der Waals surface area (Å²) in [6.45, 7) is 11.6. The zero-order valence-corrected chi connectivity index (χ0v) is 12.3. The van der Waals surface area contributed by atoms with Crippen molar-refractivity contribution in [2.45, 2.75) is 59.4 Å². The van der Waals surface area contributed by atoms with Crippen LogP contribution in [-0.4, -0.2) is 38.1 Å². The molecule has 1 unspecified atom stereocenters. The molecular weight excluding hydrogens is 196 g/mol. The van der Waals surface area contributed by atoms with Crippen LogP contribution in [0, 0.1) is 5.41 Å². The van der Waals surface area contributed by atoms with Crippen molar-refractivity contribution in [3.8, 4) is 0 Å². The Morgan fingerprint density at radius 1 is 1.12 bits per heavy atom. The second-order valence-corrected chi connectivity index (χ2v) is 6.34. The molecule has 0 saturated carbocycles. The van der Waals surface area contributed by atoms with E-state index in [9.17, 15) is 0 Å². The molecule has 0 aliphatic heterocycles. The first-order chi connectivity index (χ1) is 7.35. The lowest BCUT2D eigenvalue weighted by molar-refractivity contribution is 0.300. The summed E-state index contributed by atoms with van der Waals surface area (Å²) in [5.74, 6) is 0. The van der Waals surface area contributed by atoms with E-state index in [2.05, 4.69) is 52.0 Å². The standard InChI is InChI=1S/C14H32N2/c1-7-11-15-13(9-12-16(5)6)8-10-14(2,3)4/h13,15H,7-12H2,1-6H3. The third kappa shape index (κ3) is 10.4. The average molecular weight is 228 g/mol. The van der Waals surface area contributed by atoms with Crippen molar-refractivity contribution in [3.05, 3.63) is 0 Å². The molecule has 0 amide bonds. The van der Waals surface area contributed by atoms with Crippen LogP contribution < -0.4 is 5.32 Å². The SMILES string of the molecule is CCCNC(CCN(C)C)CCC(C)(C)C. The van der Waals surface area contributed by atoms with Gasteiger partial charge >= 0.3 is 0 Å². The summed E-state index contributed by atoms with van der Waals surface area (Å²) in [5, 5.41) is 3.67. The highest BCUT2D eigenvalue weighted by atomic mass is 15.1. The van der Waals surface area contributed by atoms with Gasteiger partial charge in [0.2, 0.25) is 0 Å². The van der Waals surface area contributed by atoms with Crippen molar-refractivity contribution in [3.63, 3.8) is 0 Å². The van der Waals surface area contributed by atoms with Gasteiger partial charge in [0.1, 0.15) is 0 Å². The Labute approximate surface area is 103 Å². The zero-order chi connectivity index (χ0) is 12.6. The van der Waals surface area contributed by atoms with E-state index in [0.717, 1.165) is 6.54 Å². The largest absolute Gasteiger partial charge is 0.314 e. The number of nitrogens with one attached hydrogen (secondary N) is 1. The minimum Gasteiger partial charge on any atom is -0.314 e. The van der Waals surface area contributed by atoms with Crippen LogP contribution in [0.1, 0.15) is 53.4 Å². The maximum atomic E-state index is 3.67. The molecule has 0 spiro atoms. The van der Waals surface area contributed by atoms with Crippen LogP contribution in [0.15, 0.2) is 0 Å². The Morgan fingerprint density at radius 2 is 1.75 bits per heavy atom. The normalized spacial score (nSPS) is 14.4. The highest BCUT2D eigenvalue weighted by molar-refractivity contribution is 4.72. The quantitative estimate of drug-likeness (QED) is 0.686. The molecule has 2 heteroatoms. The Balaban J connectivity index is 3.89. The molecule has 1 N–H and O–H groups in total. The van der Waals surface area contributed by atoms with Crippen LogP contribution in [0.2, 0.25) is 0 Å². The fourth-order valence-corrected chi connectivity index (χ4v) is 1.72. The second-order valence-electron chi connectivity index (χ2n) is 6.34. The smallest absolute Gasteiger partial charge is 0.00794 e. The molecule has 0 rings (SSSR count). The molecule has 0 aliphatic carbocycles. The number of hydrogen-bond donors (Lipinski definition) is 1. The summed E-state index contributed by atoms with van der Waals surface area (Å²) in [6, 6.07) is 0.696. The average Bonchev–Trinajstić information content (AvgIpc) is 2.15. The first kappa shape index (κ1) is 15.9. The summed E-state index contributed by atoms with van der Waals surface area (Å²) in [6.07, 6.45) is 5.11. The van der Waals surface area contributed by atoms with Crippen molar-refractivity contribution in [2.24, 2.45) is 5.41 Å². The summed E-state index contributed by atoms with van der Waals surface area (Å²) >= 11 is 0. The van der Waals surface area contributed by atoms with Crippen LogP contribution in [0.4, 0.5) is 0 Å². The highest BCUT2D eigenvalue weighted by Gasteiger charge is 2.14. The maximum absolute atomic E-state index is 3.67. The molecular formula is C14H32N2. The van der Waals surface area contributed by atoms with Crippen LogP contribution in [0.3, 0.4) is 0 Å². The van der Waals surface area contributed by atoms with Crippen molar-refractivity contribution >= 4 is 0 Å². The van der Waals surface area contributed by atoms with Gasteiger partial charge in [0.15, 0.2) is 0 Å². The lowest BCUT2D eigenvalue weighted by Gasteiger charge is -2.25. The fourth-order valence-electron chi connectivity index (χ4n) is 1.72. The van der Waals surface area contributed by atoms with Crippen LogP contribution in [0.5, 0.6) is 0 Å². The second kappa shape index (κ2) is 8.08. The summed E-state index contributed by atoms with van der Waals surface area (Å²) in [7, 11) is 4.31. The predicted octanol–water partition coefficient (Wildman–Crippen LogP) is 3.13. The Hall–Kier alpha value is -0.0800. The zero-order valence-electron chi connectivity index (χ0n) is 12.3. The van der Waals surface area contributed by atoms with Crippen LogP contribution in [0.25, 0.3) is 0 Å². The lowest BCUT2D eigenvalue weighted by atomic mass is 9.88. The van der Waals surface area contributed by atoms with Gasteiger partial charge < -0.3 is 10.2 Å². The molecule has 98 valence electrons. The van der Waals surface area contributed by atoms with Gasteiger partial charge in [-0.1, -0.05) is 27.7 Å². The summed E-state index contributed by atoms with van der Waals surface area (Å²) in [4.78, 5) is 2.28. The molecule has 0 aromatic rings. The maximum Gasteiger partial charge on any atom is 0.00794 e. The third-order valence-corrected chi connectivity index (χ3v) is 2.85. The minimum atomic E-state index is 0.463. The van der Waals surface area contributed by atoms with Crippen LogP contribution >= 0.6 is 0 Å². The van der Waals surface area contributed by atoms with E-state index in [1.165, 1.54) is 32.2 Å². The first-order valence-electron chi connectivity index (χ1n) is 6.73. The number of hydrogen-bond acceptors (Lipinski definition) is 2. The molecule has 0 radical (unpaired) electrons. The van der Waals surface area contributed by atoms with Crippen molar-refractivity contribution < 1.29 is 0 Å². The first-order valence-corrected chi connectivity index (χ1v) is 6.73. The lowest BCUT2D eigenvalue weighted by Crippen LogP contribution is -2.33. The predicted molar refractivity (Wildman–Crippen MR) is 73.9 cm³/mol. The third-order valence-electron chi connectivity index (χ3n) is 2.85. The molecule has 0 bridgehead atoms. The summed E-state index contributed by atoms with van der Waals surface area (Å²) in [5.41, 5.74) is 0.463. The van der Waals surface area contributed by atoms with E-state index in [-0.39, 0.29) is 0 Å². The van der Waals surface area contributed by atoms with Gasteiger partial charge in [-0.3, -0.25) is 0 Å². The van der Waals surface area contributed by atoms with Crippen LogP contribution in [-0.2, 0) is 0 Å². The van der Waals surface area contributed by atoms with Crippen molar-refractivity contribution in [2.75, 3.05) is 27.2 Å². The van der Waals surface area contributed by atoms with Gasteiger partial charge in [0, 0.05) is 6.04 Å². The summed E-state index contributed by atoms with van der Waals surface area (Å²) < 4.78 is 0. The minimum absolute atomic E-state index is 0.463. The van der Waals surface area contributed by atoms with E-state index in [0.29, 0.717) is 11.5 Å². The van der Waals surface area contributed by atoms with Crippen molar-refractivity contribution in [1.82, 2.24) is 10.2 Å². The van der Waals surface area contributed by atoms with E-state index in [4.69, 9.17) is 0 Å². The van der Waals surface area contributed by atoms with E-state index in [1.54, 1.807) is 0 Å².